The Balaban J connectivity index is 0.000000463. The van der Waals surface area contributed by atoms with Crippen LogP contribution >= 0.6 is 23.2 Å². The zero-order valence-electron chi connectivity index (χ0n) is 37.0. The van der Waals surface area contributed by atoms with Gasteiger partial charge in [0.1, 0.15) is 0 Å². The van der Waals surface area contributed by atoms with Gasteiger partial charge in [-0.05, 0) is 100 Å². The van der Waals surface area contributed by atoms with Crippen LogP contribution in [0.3, 0.4) is 0 Å². The van der Waals surface area contributed by atoms with E-state index in [0.717, 1.165) is 70.7 Å². The van der Waals surface area contributed by atoms with Gasteiger partial charge in [-0.15, -0.1) is 23.2 Å². The van der Waals surface area contributed by atoms with E-state index in [2.05, 4.69) is 9.80 Å². The van der Waals surface area contributed by atoms with Crippen molar-refractivity contribution in [3.05, 3.63) is 167 Å². The van der Waals surface area contributed by atoms with Gasteiger partial charge in [0.15, 0.2) is 0 Å². The molecule has 0 fully saturated rings. The Morgan fingerprint density at radius 3 is 0.774 bits per heavy atom. The quantitative estimate of drug-likeness (QED) is 0.103. The van der Waals surface area contributed by atoms with Gasteiger partial charge < -0.3 is 41.1 Å². The van der Waals surface area contributed by atoms with Crippen LogP contribution in [0.4, 0.5) is 0 Å². The smallest absolute Gasteiger partial charge is 0.545 e. The average molecular weight is 920 g/mol. The number of hydrogen-bond donors (Lipinski definition) is 2. The molecule has 0 aliphatic heterocycles. The maximum atomic E-state index is 11.8. The third-order valence-corrected chi connectivity index (χ3v) is 9.14. The molecule has 0 bridgehead atoms. The van der Waals surface area contributed by atoms with Crippen molar-refractivity contribution in [1.82, 2.24) is 9.80 Å². The van der Waals surface area contributed by atoms with E-state index in [1.54, 1.807) is 0 Å². The van der Waals surface area contributed by atoms with E-state index in [9.17, 15) is 19.8 Å². The molecule has 326 valence electrons. The van der Waals surface area contributed by atoms with Crippen molar-refractivity contribution in [1.29, 1.82) is 0 Å². The first kappa shape index (κ1) is 55.2. The SMILES string of the molecule is CN(C)CCN.CN(C)CCN.Cc1ccc(-c2cccc(-c3ccc(C)cc3)c2C(=O)[O-])cc1.Cc1ccc(-c2cccc(-c3ccc(C)cc3)c2C(=O)[O-])cc1.ClCCl.[Fe+6]. The van der Waals surface area contributed by atoms with Crippen molar-refractivity contribution >= 4 is 35.1 Å². The molecule has 0 spiro atoms. The van der Waals surface area contributed by atoms with E-state index in [-0.39, 0.29) is 33.5 Å². The fourth-order valence-corrected chi connectivity index (χ4v) is 5.96. The molecule has 6 aromatic carbocycles. The molecule has 0 amide bonds. The molecule has 4 N–H and O–H groups in total. The van der Waals surface area contributed by atoms with E-state index in [1.165, 1.54) is 0 Å². The second-order valence-electron chi connectivity index (χ2n) is 14.8. The van der Waals surface area contributed by atoms with Gasteiger partial charge >= 0.3 is 17.1 Å². The standard InChI is InChI=1S/2C21H18O2.2C4H12N2.CH2Cl2.Fe/c2*1-14-6-10-16(11-7-14)18-4-3-5-19(20(18)21(22)23)17-12-8-15(2)9-13-17;2*1-6(2)4-3-5;2-1-3;/h2*3-13H,1-2H3,(H,22,23);2*3-5H2,1-2H3;1H2;/q;;;;;+6/p-2. The van der Waals surface area contributed by atoms with Gasteiger partial charge in [0.2, 0.25) is 0 Å². The van der Waals surface area contributed by atoms with Gasteiger partial charge in [-0.3, -0.25) is 0 Å². The summed E-state index contributed by atoms with van der Waals surface area (Å²) in [5.41, 5.74) is 21.6. The van der Waals surface area contributed by atoms with Crippen LogP contribution in [0.5, 0.6) is 0 Å². The molecule has 0 saturated carbocycles. The van der Waals surface area contributed by atoms with Crippen LogP contribution in [0.1, 0.15) is 43.0 Å². The molecule has 0 radical (unpaired) electrons. The minimum Gasteiger partial charge on any atom is -0.545 e. The number of nitrogens with two attached hydrogens (primary N) is 2. The predicted octanol–water partition coefficient (Wildman–Crippen LogP) is 8.43. The summed E-state index contributed by atoms with van der Waals surface area (Å²) in [6.07, 6.45) is 0. The Hall–Kier alpha value is -4.80. The van der Waals surface area contributed by atoms with Crippen LogP contribution in [0.2, 0.25) is 0 Å². The predicted molar refractivity (Wildman–Crippen MR) is 254 cm³/mol. The molecule has 62 heavy (non-hydrogen) atoms. The molecule has 11 heteroatoms. The number of hydrogen-bond acceptors (Lipinski definition) is 8. The summed E-state index contributed by atoms with van der Waals surface area (Å²) >= 11 is 9.53. The number of aromatic carboxylic acids is 2. The van der Waals surface area contributed by atoms with E-state index in [0.29, 0.717) is 22.3 Å². The minimum atomic E-state index is -1.16. The molecular weight excluding hydrogens is 859 g/mol. The van der Waals surface area contributed by atoms with Crippen LogP contribution in [0.15, 0.2) is 133 Å². The molecule has 6 rings (SSSR count). The Labute approximate surface area is 390 Å². The zero-order chi connectivity index (χ0) is 45.5. The Morgan fingerprint density at radius 2 is 0.645 bits per heavy atom. The van der Waals surface area contributed by atoms with Crippen molar-refractivity contribution in [2.24, 2.45) is 11.5 Å². The Bertz CT molecular complexity index is 1930. The zero-order valence-corrected chi connectivity index (χ0v) is 39.6. The summed E-state index contributed by atoms with van der Waals surface area (Å²) in [4.78, 5) is 27.7. The Kier molecular flexibility index (Phi) is 26.3. The molecule has 0 heterocycles. The number of carbonyl (C=O) groups excluding carboxylic acids is 2. The minimum absolute atomic E-state index is 0. The van der Waals surface area contributed by atoms with Crippen molar-refractivity contribution in [3.8, 4) is 44.5 Å². The second kappa shape index (κ2) is 29.5. The van der Waals surface area contributed by atoms with E-state index in [1.807, 2.05) is 189 Å². The van der Waals surface area contributed by atoms with Crippen LogP contribution in [-0.2, 0) is 17.1 Å². The van der Waals surface area contributed by atoms with Crippen LogP contribution in [0, 0.1) is 27.7 Å². The van der Waals surface area contributed by atoms with Gasteiger partial charge in [-0.2, -0.15) is 0 Å². The normalized spacial score (nSPS) is 10.0. The van der Waals surface area contributed by atoms with Crippen LogP contribution in [0.25, 0.3) is 44.5 Å². The number of carbonyl (C=O) groups is 2. The van der Waals surface area contributed by atoms with Gasteiger partial charge in [0, 0.05) is 37.3 Å². The number of rotatable bonds is 10. The monoisotopic (exact) mass is 918 g/mol. The topological polar surface area (TPSA) is 139 Å². The molecule has 6 aromatic rings. The first-order valence-corrected chi connectivity index (χ1v) is 20.9. The van der Waals surface area contributed by atoms with Crippen molar-refractivity contribution < 1.29 is 36.9 Å². The van der Waals surface area contributed by atoms with E-state index < -0.39 is 11.9 Å². The first-order chi connectivity index (χ1) is 29.1. The van der Waals surface area contributed by atoms with Crippen molar-refractivity contribution in [3.63, 3.8) is 0 Å². The van der Waals surface area contributed by atoms with Gasteiger partial charge in [0.05, 0.1) is 17.3 Å². The Morgan fingerprint density at radius 1 is 0.452 bits per heavy atom. The number of benzene rings is 6. The van der Waals surface area contributed by atoms with E-state index >= 15 is 0 Å². The number of halogens is 2. The number of alkyl halides is 2. The largest absolute Gasteiger partial charge is 6.00 e. The first-order valence-electron chi connectivity index (χ1n) is 19.9. The van der Waals surface area contributed by atoms with Crippen LogP contribution in [-0.4, -0.2) is 81.4 Å². The number of aryl methyl sites for hydroxylation is 4. The van der Waals surface area contributed by atoms with E-state index in [4.69, 9.17) is 34.7 Å². The molecule has 8 nitrogen and oxygen atoms in total. The van der Waals surface area contributed by atoms with Crippen molar-refractivity contribution in [2.45, 2.75) is 27.7 Å². The molecular formula is C51H60Cl2FeN4O4+4. The molecule has 0 aliphatic rings. The number of carboxylic acids is 2. The molecule has 0 aromatic heterocycles. The molecule has 0 saturated heterocycles. The van der Waals surface area contributed by atoms with Gasteiger partial charge in [-0.1, -0.05) is 156 Å². The maximum absolute atomic E-state index is 11.8. The maximum Gasteiger partial charge on any atom is 6.00 e. The summed E-state index contributed by atoms with van der Waals surface area (Å²) < 4.78 is 0. The second-order valence-corrected chi connectivity index (χ2v) is 15.6. The third kappa shape index (κ3) is 18.7. The summed E-state index contributed by atoms with van der Waals surface area (Å²) in [5.74, 6) is -2.31. The summed E-state index contributed by atoms with van der Waals surface area (Å²) in [6, 6.07) is 42.4. The number of likely N-dealkylation sites (N-methyl/N-ethyl adjacent to an activating group) is 2. The summed E-state index contributed by atoms with van der Waals surface area (Å²) in [5, 5.41) is 23.8. The van der Waals surface area contributed by atoms with Gasteiger partial charge in [-0.25, -0.2) is 0 Å². The van der Waals surface area contributed by atoms with Crippen LogP contribution < -0.4 is 21.7 Å². The summed E-state index contributed by atoms with van der Waals surface area (Å²) in [7, 11) is 8.03. The third-order valence-electron chi connectivity index (χ3n) is 9.14. The molecule has 0 unspecified atom stereocenters. The number of nitrogens with zero attached hydrogens (tertiary/aromatic N) is 2. The fraction of sp³-hybridized carbons (Fsp3) is 0.255. The molecule has 0 atom stereocenters. The summed E-state index contributed by atoms with van der Waals surface area (Å²) in [6.45, 7) is 11.5. The van der Waals surface area contributed by atoms with Gasteiger partial charge in [0.25, 0.3) is 0 Å². The van der Waals surface area contributed by atoms with Crippen molar-refractivity contribution in [2.75, 3.05) is 59.7 Å². The average Bonchev–Trinajstić information content (AvgIpc) is 3.22. The molecule has 0 aliphatic carbocycles. The fourth-order valence-electron chi connectivity index (χ4n) is 5.96. The number of carboxylic acid groups (broad SMARTS) is 2.